The summed E-state index contributed by atoms with van der Waals surface area (Å²) >= 11 is 1.67. The summed E-state index contributed by atoms with van der Waals surface area (Å²) in [6.45, 7) is 0. The molecule has 0 unspecified atom stereocenters. The van der Waals surface area contributed by atoms with E-state index in [1.807, 2.05) is 13.1 Å². The van der Waals surface area contributed by atoms with Gasteiger partial charge in [0, 0.05) is 29.7 Å². The average molecular weight is 313 g/mol. The number of fused-ring (bicyclic) bond motifs is 1. The number of carbonyl (C=O) groups is 1. The highest BCUT2D eigenvalue weighted by atomic mass is 32.1. The lowest BCUT2D eigenvalue weighted by molar-refractivity contribution is -0.117. The van der Waals surface area contributed by atoms with Crippen LogP contribution in [0, 0.1) is 0 Å². The van der Waals surface area contributed by atoms with Gasteiger partial charge in [0.05, 0.1) is 12.1 Å². The quantitative estimate of drug-likeness (QED) is 0.940. The lowest BCUT2D eigenvalue weighted by Crippen LogP contribution is -2.20. The zero-order valence-corrected chi connectivity index (χ0v) is 13.4. The fourth-order valence-corrected chi connectivity index (χ4v) is 4.14. The third kappa shape index (κ3) is 2.39. The van der Waals surface area contributed by atoms with Gasteiger partial charge in [0.25, 0.3) is 0 Å². The minimum absolute atomic E-state index is 0.161. The zero-order valence-electron chi connectivity index (χ0n) is 12.6. The van der Waals surface area contributed by atoms with Crippen LogP contribution < -0.4 is 10.2 Å². The van der Waals surface area contributed by atoms with Crippen molar-refractivity contribution in [2.24, 2.45) is 0 Å². The number of rotatable bonds is 3. The predicted octanol–water partition coefficient (Wildman–Crippen LogP) is 3.68. The van der Waals surface area contributed by atoms with Crippen molar-refractivity contribution in [3.05, 3.63) is 29.1 Å². The van der Waals surface area contributed by atoms with Crippen LogP contribution in [0.25, 0.3) is 11.3 Å². The fraction of sp³-hybridized carbons (Fsp3) is 0.412. The number of thiazole rings is 1. The Bertz CT molecular complexity index is 718. The Kier molecular flexibility index (Phi) is 3.37. The molecule has 1 aliphatic carbocycles. The van der Waals surface area contributed by atoms with Crippen molar-refractivity contribution in [1.82, 2.24) is 4.98 Å². The minimum Gasteiger partial charge on any atom is -0.359 e. The molecular formula is C17H19N3OS. The van der Waals surface area contributed by atoms with Crippen molar-refractivity contribution in [2.45, 2.75) is 38.1 Å². The first-order valence-corrected chi connectivity index (χ1v) is 8.70. The van der Waals surface area contributed by atoms with Crippen LogP contribution >= 0.6 is 11.3 Å². The van der Waals surface area contributed by atoms with Gasteiger partial charge < -0.3 is 10.2 Å². The van der Waals surface area contributed by atoms with Gasteiger partial charge in [-0.15, -0.1) is 11.3 Å². The number of nitrogens with one attached hydrogen (secondary N) is 1. The molecule has 4 rings (SSSR count). The summed E-state index contributed by atoms with van der Waals surface area (Å²) in [5.74, 6) is 0.161. The molecule has 1 aliphatic heterocycles. The Balaban J connectivity index is 1.56. The molecule has 0 saturated heterocycles. The lowest BCUT2D eigenvalue weighted by Gasteiger charge is -2.10. The zero-order chi connectivity index (χ0) is 15.1. The molecule has 1 aromatic heterocycles. The average Bonchev–Trinajstić information content (AvgIpc) is 3.23. The van der Waals surface area contributed by atoms with E-state index >= 15 is 0 Å². The van der Waals surface area contributed by atoms with Gasteiger partial charge in [0.15, 0.2) is 5.13 Å². The van der Waals surface area contributed by atoms with Crippen LogP contribution in [0.15, 0.2) is 23.6 Å². The molecule has 1 fully saturated rings. The van der Waals surface area contributed by atoms with Crippen molar-refractivity contribution >= 4 is 28.1 Å². The largest absolute Gasteiger partial charge is 0.359 e. The molecule has 0 bridgehead atoms. The molecule has 1 N–H and O–H groups in total. The topological polar surface area (TPSA) is 45.2 Å². The molecule has 4 nitrogen and oxygen atoms in total. The van der Waals surface area contributed by atoms with Gasteiger partial charge in [-0.25, -0.2) is 4.98 Å². The Morgan fingerprint density at radius 1 is 1.32 bits per heavy atom. The number of amides is 1. The van der Waals surface area contributed by atoms with E-state index in [1.54, 1.807) is 16.2 Å². The van der Waals surface area contributed by atoms with Crippen LogP contribution in [-0.2, 0) is 11.2 Å². The van der Waals surface area contributed by atoms with Gasteiger partial charge in [-0.1, -0.05) is 18.9 Å². The highest BCUT2D eigenvalue weighted by Gasteiger charge is 2.24. The van der Waals surface area contributed by atoms with E-state index in [2.05, 4.69) is 22.8 Å². The number of carbonyl (C=O) groups excluding carboxylic acids is 1. The molecule has 5 heteroatoms. The SMILES string of the molecule is CN1C(=O)Cc2cc(-c3csc(NC4CCCC4)n3)ccc21. The number of nitrogens with zero attached hydrogens (tertiary/aromatic N) is 2. The second kappa shape index (κ2) is 5.39. The summed E-state index contributed by atoms with van der Waals surface area (Å²) in [6.07, 6.45) is 5.64. The van der Waals surface area contributed by atoms with Gasteiger partial charge >= 0.3 is 0 Å². The molecule has 0 spiro atoms. The lowest BCUT2D eigenvalue weighted by atomic mass is 10.1. The van der Waals surface area contributed by atoms with Gasteiger partial charge in [-0.2, -0.15) is 0 Å². The first kappa shape index (κ1) is 13.8. The number of aromatic nitrogens is 1. The highest BCUT2D eigenvalue weighted by molar-refractivity contribution is 7.14. The number of hydrogen-bond acceptors (Lipinski definition) is 4. The maximum atomic E-state index is 11.8. The first-order valence-electron chi connectivity index (χ1n) is 7.82. The van der Waals surface area contributed by atoms with Gasteiger partial charge in [0.2, 0.25) is 5.91 Å². The highest BCUT2D eigenvalue weighted by Crippen LogP contribution is 2.33. The van der Waals surface area contributed by atoms with E-state index in [4.69, 9.17) is 4.98 Å². The summed E-state index contributed by atoms with van der Waals surface area (Å²) in [5.41, 5.74) is 4.21. The maximum absolute atomic E-state index is 11.8. The molecule has 1 saturated carbocycles. The second-order valence-electron chi connectivity index (χ2n) is 6.14. The Morgan fingerprint density at radius 2 is 2.14 bits per heavy atom. The molecule has 1 aromatic carbocycles. The standard InChI is InChI=1S/C17H19N3OS/c1-20-15-7-6-11(8-12(15)9-16(20)21)14-10-22-17(19-14)18-13-4-2-3-5-13/h6-8,10,13H,2-5,9H2,1H3,(H,18,19). The maximum Gasteiger partial charge on any atom is 0.231 e. The van der Waals surface area contributed by atoms with Crippen LogP contribution in [0.3, 0.4) is 0 Å². The van der Waals surface area contributed by atoms with Crippen molar-refractivity contribution < 1.29 is 4.79 Å². The smallest absolute Gasteiger partial charge is 0.231 e. The normalized spacial score (nSPS) is 18.0. The number of benzene rings is 1. The van der Waals surface area contributed by atoms with Crippen LogP contribution in [0.5, 0.6) is 0 Å². The Hall–Kier alpha value is -1.88. The molecule has 114 valence electrons. The summed E-state index contributed by atoms with van der Waals surface area (Å²) in [6, 6.07) is 6.78. The van der Waals surface area contributed by atoms with E-state index in [9.17, 15) is 4.79 Å². The van der Waals surface area contributed by atoms with E-state index in [-0.39, 0.29) is 5.91 Å². The molecule has 2 aromatic rings. The molecule has 22 heavy (non-hydrogen) atoms. The summed E-state index contributed by atoms with van der Waals surface area (Å²) in [5, 5.41) is 6.65. The number of anilines is 2. The number of hydrogen-bond donors (Lipinski definition) is 1. The van der Waals surface area contributed by atoms with E-state index in [1.165, 1.54) is 25.7 Å². The predicted molar refractivity (Wildman–Crippen MR) is 90.5 cm³/mol. The third-order valence-corrected chi connectivity index (χ3v) is 5.41. The molecule has 1 amide bonds. The molecule has 0 atom stereocenters. The fourth-order valence-electron chi connectivity index (χ4n) is 3.35. The minimum atomic E-state index is 0.161. The van der Waals surface area contributed by atoms with E-state index < -0.39 is 0 Å². The van der Waals surface area contributed by atoms with Crippen molar-refractivity contribution in [3.8, 4) is 11.3 Å². The third-order valence-electron chi connectivity index (χ3n) is 4.64. The van der Waals surface area contributed by atoms with Crippen LogP contribution in [0.4, 0.5) is 10.8 Å². The first-order chi connectivity index (χ1) is 10.7. The van der Waals surface area contributed by atoms with Crippen LogP contribution in [0.2, 0.25) is 0 Å². The van der Waals surface area contributed by atoms with Crippen molar-refractivity contribution in [1.29, 1.82) is 0 Å². The van der Waals surface area contributed by atoms with Gasteiger partial charge in [0.1, 0.15) is 0 Å². The van der Waals surface area contributed by atoms with Crippen molar-refractivity contribution in [3.63, 3.8) is 0 Å². The monoisotopic (exact) mass is 313 g/mol. The number of likely N-dealkylation sites (N-methyl/N-ethyl adjacent to an activating group) is 1. The molecule has 2 aliphatic rings. The Morgan fingerprint density at radius 3 is 2.95 bits per heavy atom. The summed E-state index contributed by atoms with van der Waals surface area (Å²) in [4.78, 5) is 18.2. The Labute approximate surface area is 134 Å². The molecule has 0 radical (unpaired) electrons. The van der Waals surface area contributed by atoms with Crippen molar-refractivity contribution in [2.75, 3.05) is 17.3 Å². The summed E-state index contributed by atoms with van der Waals surface area (Å²) < 4.78 is 0. The molecular weight excluding hydrogens is 294 g/mol. The van der Waals surface area contributed by atoms with Gasteiger partial charge in [-0.3, -0.25) is 4.79 Å². The molecule has 2 heterocycles. The van der Waals surface area contributed by atoms with Crippen LogP contribution in [0.1, 0.15) is 31.2 Å². The van der Waals surface area contributed by atoms with E-state index in [0.29, 0.717) is 12.5 Å². The van der Waals surface area contributed by atoms with E-state index in [0.717, 1.165) is 27.6 Å². The van der Waals surface area contributed by atoms with Crippen LogP contribution in [-0.4, -0.2) is 24.0 Å². The second-order valence-corrected chi connectivity index (χ2v) is 6.99. The summed E-state index contributed by atoms with van der Waals surface area (Å²) in [7, 11) is 1.83. The van der Waals surface area contributed by atoms with Gasteiger partial charge in [-0.05, 0) is 30.5 Å².